The first kappa shape index (κ1) is 14.3. The van der Waals surface area contributed by atoms with Gasteiger partial charge in [0.2, 0.25) is 5.91 Å². The monoisotopic (exact) mass is 301 g/mol. The number of hydrogen-bond donors (Lipinski definition) is 1. The highest BCUT2D eigenvalue weighted by molar-refractivity contribution is 8.13. The van der Waals surface area contributed by atoms with Crippen LogP contribution in [0.15, 0.2) is 29.2 Å². The maximum atomic E-state index is 12.2. The van der Waals surface area contributed by atoms with Crippen molar-refractivity contribution >= 4 is 31.3 Å². The lowest BCUT2D eigenvalue weighted by atomic mass is 9.88. The van der Waals surface area contributed by atoms with Gasteiger partial charge in [-0.25, -0.2) is 8.42 Å². The SMILES string of the molecule is CC1(C(=O)Nc2ccc(S(=O)(=O)Cl)cc2)CCCC1. The quantitative estimate of drug-likeness (QED) is 0.872. The molecule has 1 aliphatic rings. The van der Waals surface area contributed by atoms with Crippen LogP contribution in [0, 0.1) is 5.41 Å². The molecule has 0 radical (unpaired) electrons. The minimum absolute atomic E-state index is 0.00789. The normalized spacial score (nSPS) is 18.2. The van der Waals surface area contributed by atoms with Crippen LogP contribution in [0.3, 0.4) is 0 Å². The highest BCUT2D eigenvalue weighted by Crippen LogP contribution is 2.38. The van der Waals surface area contributed by atoms with E-state index in [4.69, 9.17) is 10.7 Å². The summed E-state index contributed by atoms with van der Waals surface area (Å²) in [5.74, 6) is -0.00789. The van der Waals surface area contributed by atoms with Gasteiger partial charge in [0.1, 0.15) is 0 Å². The number of benzene rings is 1. The molecule has 0 aliphatic heterocycles. The van der Waals surface area contributed by atoms with Gasteiger partial charge in [0.05, 0.1) is 4.90 Å². The molecule has 1 fully saturated rings. The van der Waals surface area contributed by atoms with E-state index in [1.807, 2.05) is 6.92 Å². The Kier molecular flexibility index (Phi) is 3.87. The van der Waals surface area contributed by atoms with E-state index in [0.717, 1.165) is 25.7 Å². The Balaban J connectivity index is 2.10. The topological polar surface area (TPSA) is 63.2 Å². The predicted molar refractivity (Wildman–Crippen MR) is 74.7 cm³/mol. The van der Waals surface area contributed by atoms with Crippen LogP contribution in [0.4, 0.5) is 5.69 Å². The summed E-state index contributed by atoms with van der Waals surface area (Å²) < 4.78 is 22.2. The van der Waals surface area contributed by atoms with Crippen LogP contribution in [0.2, 0.25) is 0 Å². The van der Waals surface area contributed by atoms with Crippen LogP contribution >= 0.6 is 10.7 Å². The smallest absolute Gasteiger partial charge is 0.261 e. The second kappa shape index (κ2) is 5.13. The van der Waals surface area contributed by atoms with Gasteiger partial charge in [-0.2, -0.15) is 0 Å². The van der Waals surface area contributed by atoms with E-state index in [1.165, 1.54) is 12.1 Å². The second-order valence-electron chi connectivity index (χ2n) is 5.18. The van der Waals surface area contributed by atoms with Gasteiger partial charge in [0.25, 0.3) is 9.05 Å². The summed E-state index contributed by atoms with van der Waals surface area (Å²) in [6, 6.07) is 5.86. The molecule has 4 nitrogen and oxygen atoms in total. The van der Waals surface area contributed by atoms with Gasteiger partial charge >= 0.3 is 0 Å². The summed E-state index contributed by atoms with van der Waals surface area (Å²) in [7, 11) is 1.51. The van der Waals surface area contributed by atoms with Crippen molar-refractivity contribution < 1.29 is 13.2 Å². The molecule has 1 saturated carbocycles. The fourth-order valence-electron chi connectivity index (χ4n) is 2.37. The third-order valence-corrected chi connectivity index (χ3v) is 5.02. The molecular weight excluding hydrogens is 286 g/mol. The number of anilines is 1. The first-order chi connectivity index (χ1) is 8.81. The van der Waals surface area contributed by atoms with Crippen LogP contribution in [-0.2, 0) is 13.8 Å². The van der Waals surface area contributed by atoms with E-state index < -0.39 is 9.05 Å². The average molecular weight is 302 g/mol. The van der Waals surface area contributed by atoms with E-state index in [2.05, 4.69) is 5.32 Å². The van der Waals surface area contributed by atoms with Crippen molar-refractivity contribution in [2.75, 3.05) is 5.32 Å². The number of carbonyl (C=O) groups is 1. The maximum absolute atomic E-state index is 12.2. The Labute approximate surface area is 117 Å². The lowest BCUT2D eigenvalue weighted by Gasteiger charge is -2.22. The van der Waals surface area contributed by atoms with E-state index in [0.29, 0.717) is 5.69 Å². The Hall–Kier alpha value is -1.07. The van der Waals surface area contributed by atoms with Gasteiger partial charge in [0.15, 0.2) is 0 Å². The summed E-state index contributed by atoms with van der Waals surface area (Å²) in [5.41, 5.74) is 0.277. The minimum Gasteiger partial charge on any atom is -0.326 e. The van der Waals surface area contributed by atoms with Gasteiger partial charge in [-0.15, -0.1) is 0 Å². The van der Waals surface area contributed by atoms with Crippen LogP contribution < -0.4 is 5.32 Å². The third kappa shape index (κ3) is 3.28. The van der Waals surface area contributed by atoms with Gasteiger partial charge in [-0.05, 0) is 37.1 Å². The van der Waals surface area contributed by atoms with E-state index in [1.54, 1.807) is 12.1 Å². The molecule has 0 bridgehead atoms. The molecular formula is C13H16ClNO3S. The molecule has 0 spiro atoms. The minimum atomic E-state index is -3.72. The Morgan fingerprint density at radius 2 is 1.74 bits per heavy atom. The first-order valence-corrected chi connectivity index (χ1v) is 8.48. The molecule has 0 atom stereocenters. The summed E-state index contributed by atoms with van der Waals surface area (Å²) >= 11 is 0. The third-order valence-electron chi connectivity index (χ3n) is 3.65. The second-order valence-corrected chi connectivity index (χ2v) is 7.75. The molecule has 2 rings (SSSR count). The fourth-order valence-corrected chi connectivity index (χ4v) is 3.13. The molecule has 1 aromatic carbocycles. The van der Waals surface area contributed by atoms with Crippen molar-refractivity contribution in [2.45, 2.75) is 37.5 Å². The van der Waals surface area contributed by atoms with Gasteiger partial charge in [-0.3, -0.25) is 4.79 Å². The van der Waals surface area contributed by atoms with Crippen molar-refractivity contribution in [3.8, 4) is 0 Å². The van der Waals surface area contributed by atoms with Crippen LogP contribution in [0.25, 0.3) is 0 Å². The van der Waals surface area contributed by atoms with Crippen molar-refractivity contribution in [3.63, 3.8) is 0 Å². The van der Waals surface area contributed by atoms with Crippen molar-refractivity contribution in [3.05, 3.63) is 24.3 Å². The number of amides is 1. The summed E-state index contributed by atoms with van der Waals surface area (Å²) in [6.45, 7) is 1.97. The van der Waals surface area contributed by atoms with Gasteiger partial charge in [0, 0.05) is 21.8 Å². The molecule has 0 unspecified atom stereocenters. The predicted octanol–water partition coefficient (Wildman–Crippen LogP) is 3.13. The Morgan fingerprint density at radius 1 is 1.21 bits per heavy atom. The van der Waals surface area contributed by atoms with Crippen molar-refractivity contribution in [1.82, 2.24) is 0 Å². The molecule has 19 heavy (non-hydrogen) atoms. The fraction of sp³-hybridized carbons (Fsp3) is 0.462. The highest BCUT2D eigenvalue weighted by Gasteiger charge is 2.36. The van der Waals surface area contributed by atoms with E-state index >= 15 is 0 Å². The van der Waals surface area contributed by atoms with E-state index in [-0.39, 0.29) is 16.2 Å². The van der Waals surface area contributed by atoms with Crippen LogP contribution in [0.1, 0.15) is 32.6 Å². The number of halogens is 1. The number of carbonyl (C=O) groups excluding carboxylic acids is 1. The van der Waals surface area contributed by atoms with Crippen LogP contribution in [0.5, 0.6) is 0 Å². The molecule has 0 saturated heterocycles. The highest BCUT2D eigenvalue weighted by atomic mass is 35.7. The molecule has 1 aliphatic carbocycles. The zero-order valence-corrected chi connectivity index (χ0v) is 12.2. The number of hydrogen-bond acceptors (Lipinski definition) is 3. The Morgan fingerprint density at radius 3 is 2.21 bits per heavy atom. The van der Waals surface area contributed by atoms with Crippen LogP contribution in [-0.4, -0.2) is 14.3 Å². The van der Waals surface area contributed by atoms with E-state index in [9.17, 15) is 13.2 Å². The molecule has 0 aromatic heterocycles. The molecule has 1 N–H and O–H groups in total. The zero-order chi connectivity index (χ0) is 14.1. The number of rotatable bonds is 3. The molecule has 1 amide bonds. The van der Waals surface area contributed by atoms with Gasteiger partial charge < -0.3 is 5.32 Å². The largest absolute Gasteiger partial charge is 0.326 e. The number of nitrogens with one attached hydrogen (secondary N) is 1. The summed E-state index contributed by atoms with van der Waals surface area (Å²) in [6.07, 6.45) is 3.95. The van der Waals surface area contributed by atoms with Gasteiger partial charge in [-0.1, -0.05) is 19.8 Å². The lowest BCUT2D eigenvalue weighted by Crippen LogP contribution is -2.30. The average Bonchev–Trinajstić information content (AvgIpc) is 2.77. The van der Waals surface area contributed by atoms with Crippen molar-refractivity contribution in [1.29, 1.82) is 0 Å². The lowest BCUT2D eigenvalue weighted by molar-refractivity contribution is -0.124. The molecule has 1 aromatic rings. The first-order valence-electron chi connectivity index (χ1n) is 6.17. The summed E-state index contributed by atoms with van der Waals surface area (Å²) in [4.78, 5) is 12.2. The Bertz CT molecular complexity index is 574. The standard InChI is InChI=1S/C13H16ClNO3S/c1-13(8-2-3-9-13)12(16)15-10-4-6-11(7-5-10)19(14,17)18/h4-7H,2-3,8-9H2,1H3,(H,15,16). The zero-order valence-electron chi connectivity index (χ0n) is 10.6. The summed E-state index contributed by atoms with van der Waals surface area (Å²) in [5, 5.41) is 2.83. The van der Waals surface area contributed by atoms with Crippen molar-refractivity contribution in [2.24, 2.45) is 5.41 Å². The molecule has 0 heterocycles. The molecule has 104 valence electrons. The maximum Gasteiger partial charge on any atom is 0.261 e. The molecule has 6 heteroatoms.